The molecular weight excluding hydrogens is 268 g/mol. The molecule has 0 bridgehead atoms. The standard InChI is InChI=1S/C12H8N2O2S2/c13-5-7-17-11(15)9-1-2-10(4-3-9)12(16)18-8-6-14/h1-4H,7-8H2. The second-order valence-corrected chi connectivity index (χ2v) is 4.94. The van der Waals surface area contributed by atoms with E-state index in [2.05, 4.69) is 0 Å². The summed E-state index contributed by atoms with van der Waals surface area (Å²) >= 11 is 1.85. The van der Waals surface area contributed by atoms with Gasteiger partial charge in [0, 0.05) is 11.1 Å². The molecule has 1 aromatic carbocycles. The Labute approximate surface area is 113 Å². The SMILES string of the molecule is N#CCSC(=O)c1ccc(C(=O)SCC#N)cc1. The zero-order valence-electron chi connectivity index (χ0n) is 9.25. The number of nitrogens with zero attached hydrogens (tertiary/aromatic N) is 2. The van der Waals surface area contributed by atoms with E-state index >= 15 is 0 Å². The third kappa shape index (κ3) is 4.25. The fourth-order valence-corrected chi connectivity index (χ4v) is 2.10. The average Bonchev–Trinajstić information content (AvgIpc) is 2.42. The number of carbonyl (C=O) groups excluding carboxylic acids is 2. The number of carbonyl (C=O) groups is 2. The van der Waals surface area contributed by atoms with E-state index in [1.807, 2.05) is 12.1 Å². The number of benzene rings is 1. The van der Waals surface area contributed by atoms with Crippen molar-refractivity contribution >= 4 is 33.8 Å². The van der Waals surface area contributed by atoms with Crippen LogP contribution in [0.3, 0.4) is 0 Å². The Morgan fingerprint density at radius 3 is 1.50 bits per heavy atom. The molecule has 0 fully saturated rings. The minimum atomic E-state index is -0.194. The molecule has 4 nitrogen and oxygen atoms in total. The van der Waals surface area contributed by atoms with Crippen molar-refractivity contribution < 1.29 is 9.59 Å². The van der Waals surface area contributed by atoms with Crippen LogP contribution < -0.4 is 0 Å². The van der Waals surface area contributed by atoms with Gasteiger partial charge < -0.3 is 0 Å². The summed E-state index contributed by atoms with van der Waals surface area (Å²) in [6.45, 7) is 0. The van der Waals surface area contributed by atoms with Crippen LogP contribution in [0.5, 0.6) is 0 Å². The fourth-order valence-electron chi connectivity index (χ4n) is 1.10. The summed E-state index contributed by atoms with van der Waals surface area (Å²) in [6.07, 6.45) is 0. The first-order chi connectivity index (χ1) is 8.69. The van der Waals surface area contributed by atoms with E-state index in [9.17, 15) is 9.59 Å². The summed E-state index contributed by atoms with van der Waals surface area (Å²) < 4.78 is 0. The highest BCUT2D eigenvalue weighted by Crippen LogP contribution is 2.16. The van der Waals surface area contributed by atoms with Gasteiger partial charge in [-0.2, -0.15) is 10.5 Å². The molecule has 0 spiro atoms. The van der Waals surface area contributed by atoms with Crippen LogP contribution in [0.15, 0.2) is 24.3 Å². The van der Waals surface area contributed by atoms with Gasteiger partial charge in [-0.15, -0.1) is 0 Å². The molecule has 1 rings (SSSR count). The maximum absolute atomic E-state index is 11.5. The van der Waals surface area contributed by atoms with Gasteiger partial charge in [0.25, 0.3) is 0 Å². The van der Waals surface area contributed by atoms with E-state index in [4.69, 9.17) is 10.5 Å². The maximum atomic E-state index is 11.5. The van der Waals surface area contributed by atoms with Crippen molar-refractivity contribution in [1.29, 1.82) is 10.5 Å². The van der Waals surface area contributed by atoms with Crippen LogP contribution in [0.25, 0.3) is 0 Å². The normalized spacial score (nSPS) is 9.22. The third-order valence-corrected chi connectivity index (χ3v) is 3.43. The number of hydrogen-bond donors (Lipinski definition) is 0. The Morgan fingerprint density at radius 2 is 1.22 bits per heavy atom. The molecule has 0 unspecified atom stereocenters. The van der Waals surface area contributed by atoms with Crippen LogP contribution in [0.2, 0.25) is 0 Å². The monoisotopic (exact) mass is 276 g/mol. The van der Waals surface area contributed by atoms with Crippen LogP contribution in [-0.4, -0.2) is 21.7 Å². The Kier molecular flexibility index (Phi) is 5.99. The first-order valence-corrected chi connectivity index (χ1v) is 6.84. The summed E-state index contributed by atoms with van der Waals surface area (Å²) in [6, 6.07) is 9.94. The molecule has 6 heteroatoms. The minimum Gasteiger partial charge on any atom is -0.282 e. The number of hydrogen-bond acceptors (Lipinski definition) is 6. The van der Waals surface area contributed by atoms with Crippen molar-refractivity contribution in [3.05, 3.63) is 35.4 Å². The lowest BCUT2D eigenvalue weighted by molar-refractivity contribution is 0.107. The Hall–Kier alpha value is -1.76. The maximum Gasteiger partial charge on any atom is 0.220 e. The van der Waals surface area contributed by atoms with Crippen molar-refractivity contribution in [2.75, 3.05) is 11.5 Å². The smallest absolute Gasteiger partial charge is 0.220 e. The van der Waals surface area contributed by atoms with E-state index in [1.165, 1.54) is 0 Å². The highest BCUT2D eigenvalue weighted by atomic mass is 32.2. The predicted molar refractivity (Wildman–Crippen MR) is 71.2 cm³/mol. The fraction of sp³-hybridized carbons (Fsp3) is 0.167. The molecule has 1 aromatic rings. The number of nitriles is 2. The second kappa shape index (κ2) is 7.54. The molecule has 0 saturated carbocycles. The highest BCUT2D eigenvalue weighted by Gasteiger charge is 2.09. The van der Waals surface area contributed by atoms with Gasteiger partial charge in [0.05, 0.1) is 23.6 Å². The van der Waals surface area contributed by atoms with E-state index in [1.54, 1.807) is 24.3 Å². The molecule has 0 atom stereocenters. The summed E-state index contributed by atoms with van der Waals surface area (Å²) in [5.74, 6) is 0.217. The lowest BCUT2D eigenvalue weighted by atomic mass is 10.2. The first kappa shape index (κ1) is 14.3. The summed E-state index contributed by atoms with van der Waals surface area (Å²) in [7, 11) is 0. The lowest BCUT2D eigenvalue weighted by Gasteiger charge is -2.00. The van der Waals surface area contributed by atoms with Gasteiger partial charge in [-0.3, -0.25) is 9.59 Å². The van der Waals surface area contributed by atoms with E-state index in [-0.39, 0.29) is 21.7 Å². The number of rotatable bonds is 4. The zero-order chi connectivity index (χ0) is 13.4. The number of thioether (sulfide) groups is 2. The van der Waals surface area contributed by atoms with Gasteiger partial charge >= 0.3 is 0 Å². The van der Waals surface area contributed by atoms with Crippen molar-refractivity contribution in [2.45, 2.75) is 0 Å². The summed E-state index contributed by atoms with van der Waals surface area (Å²) in [5.41, 5.74) is 0.911. The predicted octanol–water partition coefficient (Wildman–Crippen LogP) is 2.48. The molecule has 0 saturated heterocycles. The van der Waals surface area contributed by atoms with Crippen LogP contribution in [0.1, 0.15) is 20.7 Å². The molecule has 0 aromatic heterocycles. The van der Waals surface area contributed by atoms with E-state index < -0.39 is 0 Å². The third-order valence-electron chi connectivity index (χ3n) is 1.89. The minimum absolute atomic E-state index is 0.109. The molecule has 0 aliphatic carbocycles. The van der Waals surface area contributed by atoms with Gasteiger partial charge in [-0.25, -0.2) is 0 Å². The Balaban J connectivity index is 2.69. The van der Waals surface area contributed by atoms with Gasteiger partial charge in [0.15, 0.2) is 0 Å². The topological polar surface area (TPSA) is 81.7 Å². The molecule has 90 valence electrons. The van der Waals surface area contributed by atoms with Crippen LogP contribution in [-0.2, 0) is 0 Å². The van der Waals surface area contributed by atoms with Crippen LogP contribution >= 0.6 is 23.5 Å². The molecule has 0 heterocycles. The average molecular weight is 276 g/mol. The molecule has 0 aliphatic rings. The molecule has 0 radical (unpaired) electrons. The molecular formula is C12H8N2O2S2. The van der Waals surface area contributed by atoms with Crippen molar-refractivity contribution in [2.24, 2.45) is 0 Å². The van der Waals surface area contributed by atoms with Gasteiger partial charge in [-0.05, 0) is 24.3 Å². The van der Waals surface area contributed by atoms with Gasteiger partial charge in [0.1, 0.15) is 0 Å². The van der Waals surface area contributed by atoms with Crippen molar-refractivity contribution in [3.8, 4) is 12.1 Å². The quantitative estimate of drug-likeness (QED) is 0.840. The van der Waals surface area contributed by atoms with Crippen molar-refractivity contribution in [3.63, 3.8) is 0 Å². The van der Waals surface area contributed by atoms with Crippen molar-refractivity contribution in [1.82, 2.24) is 0 Å². The second-order valence-electron chi connectivity index (χ2n) is 3.05. The lowest BCUT2D eigenvalue weighted by Crippen LogP contribution is -1.98. The zero-order valence-corrected chi connectivity index (χ0v) is 10.9. The highest BCUT2D eigenvalue weighted by molar-refractivity contribution is 8.14. The molecule has 0 amide bonds. The molecule has 18 heavy (non-hydrogen) atoms. The summed E-state index contributed by atoms with van der Waals surface area (Å²) in [5, 5.41) is 16.3. The molecule has 0 aliphatic heterocycles. The molecule has 0 N–H and O–H groups in total. The Bertz CT molecular complexity index is 477. The van der Waals surface area contributed by atoms with Crippen LogP contribution in [0, 0.1) is 22.7 Å². The summed E-state index contributed by atoms with van der Waals surface area (Å²) in [4.78, 5) is 23.1. The first-order valence-electron chi connectivity index (χ1n) is 4.87. The van der Waals surface area contributed by atoms with Gasteiger partial charge in [-0.1, -0.05) is 23.5 Å². The van der Waals surface area contributed by atoms with E-state index in [0.29, 0.717) is 11.1 Å². The largest absolute Gasteiger partial charge is 0.282 e. The Morgan fingerprint density at radius 1 is 0.889 bits per heavy atom. The van der Waals surface area contributed by atoms with Gasteiger partial charge in [0.2, 0.25) is 10.2 Å². The van der Waals surface area contributed by atoms with E-state index in [0.717, 1.165) is 23.5 Å². The van der Waals surface area contributed by atoms with Crippen LogP contribution in [0.4, 0.5) is 0 Å².